The molecule has 0 bridgehead atoms. The standard InChI is InChI=1S/C21H19ClN5O2S/c1-11-7-13(20(29)19(11)28)23-18-9-16(22)25-17-8-14(26-27(17)18)21-24-15(10-30-21)12-5-3-2-4-6-12/h2-6,8-11,13,19-20,23,28-29H,1,7H2/t11-,13-,19-,20+/m1/s1. The van der Waals surface area contributed by atoms with Gasteiger partial charge in [-0.3, -0.25) is 0 Å². The van der Waals surface area contributed by atoms with Crippen LogP contribution in [0.4, 0.5) is 5.82 Å². The molecule has 5 rings (SSSR count). The number of aromatic nitrogens is 4. The maximum atomic E-state index is 10.3. The van der Waals surface area contributed by atoms with E-state index in [1.165, 1.54) is 11.3 Å². The number of nitrogens with zero attached hydrogens (tertiary/aromatic N) is 4. The highest BCUT2D eigenvalue weighted by Gasteiger charge is 2.39. The van der Waals surface area contributed by atoms with Gasteiger partial charge in [0.05, 0.1) is 17.8 Å². The molecule has 1 aliphatic carbocycles. The molecule has 0 saturated heterocycles. The maximum absolute atomic E-state index is 10.3. The Hall–Kier alpha value is -2.52. The van der Waals surface area contributed by atoms with E-state index in [9.17, 15) is 10.2 Å². The van der Waals surface area contributed by atoms with Crippen molar-refractivity contribution < 1.29 is 10.2 Å². The SMILES string of the molecule is [CH2][C@@H]1C[C@@H](Nc2cc(Cl)nc3cc(-c4nc(-c5ccccc5)cs4)nn23)[C@H](O)[C@@H]1O. The van der Waals surface area contributed by atoms with Crippen molar-refractivity contribution in [3.63, 3.8) is 0 Å². The molecule has 1 fully saturated rings. The van der Waals surface area contributed by atoms with Crippen molar-refractivity contribution >= 4 is 34.4 Å². The van der Waals surface area contributed by atoms with E-state index in [1.807, 2.05) is 41.8 Å². The lowest BCUT2D eigenvalue weighted by Gasteiger charge is -2.19. The monoisotopic (exact) mass is 440 g/mol. The summed E-state index contributed by atoms with van der Waals surface area (Å²) in [5, 5.41) is 31.3. The highest BCUT2D eigenvalue weighted by Crippen LogP contribution is 2.32. The van der Waals surface area contributed by atoms with Crippen LogP contribution in [0.5, 0.6) is 0 Å². The van der Waals surface area contributed by atoms with Crippen LogP contribution >= 0.6 is 22.9 Å². The largest absolute Gasteiger partial charge is 0.390 e. The Balaban J connectivity index is 1.49. The molecule has 30 heavy (non-hydrogen) atoms. The molecular weight excluding hydrogens is 422 g/mol. The Labute approximate surface area is 182 Å². The molecule has 4 atom stereocenters. The lowest BCUT2D eigenvalue weighted by atomic mass is 10.1. The highest BCUT2D eigenvalue weighted by molar-refractivity contribution is 7.13. The fraction of sp³-hybridized carbons (Fsp3) is 0.238. The van der Waals surface area contributed by atoms with E-state index in [4.69, 9.17) is 16.6 Å². The van der Waals surface area contributed by atoms with Crippen LogP contribution in [0.15, 0.2) is 47.8 Å². The second-order valence-corrected chi connectivity index (χ2v) is 8.64. The molecule has 3 aromatic heterocycles. The third-order valence-corrected chi connectivity index (χ3v) is 6.38. The highest BCUT2D eigenvalue weighted by atomic mass is 35.5. The van der Waals surface area contributed by atoms with Crippen molar-refractivity contribution in [2.45, 2.75) is 24.7 Å². The number of hydrogen-bond donors (Lipinski definition) is 3. The predicted octanol–water partition coefficient (Wildman–Crippen LogP) is 3.53. The summed E-state index contributed by atoms with van der Waals surface area (Å²) in [5.74, 6) is 0.339. The lowest BCUT2D eigenvalue weighted by molar-refractivity contribution is 0.0256. The van der Waals surface area contributed by atoms with Gasteiger partial charge in [0.25, 0.3) is 0 Å². The molecule has 1 radical (unpaired) electrons. The van der Waals surface area contributed by atoms with Crippen LogP contribution in [-0.2, 0) is 0 Å². The normalized spacial score (nSPS) is 23.9. The minimum atomic E-state index is -0.920. The maximum Gasteiger partial charge on any atom is 0.159 e. The van der Waals surface area contributed by atoms with Crippen molar-refractivity contribution in [1.29, 1.82) is 0 Å². The predicted molar refractivity (Wildman–Crippen MR) is 117 cm³/mol. The van der Waals surface area contributed by atoms with E-state index in [1.54, 1.807) is 10.6 Å². The molecule has 153 valence electrons. The number of fused-ring (bicyclic) bond motifs is 1. The van der Waals surface area contributed by atoms with Gasteiger partial charge in [0.1, 0.15) is 27.8 Å². The molecule has 0 aliphatic heterocycles. The molecule has 3 heterocycles. The summed E-state index contributed by atoms with van der Waals surface area (Å²) >= 11 is 7.72. The van der Waals surface area contributed by atoms with Crippen LogP contribution in [0.1, 0.15) is 6.42 Å². The fourth-order valence-electron chi connectivity index (χ4n) is 3.74. The summed E-state index contributed by atoms with van der Waals surface area (Å²) in [4.78, 5) is 9.06. The molecule has 9 heteroatoms. The van der Waals surface area contributed by atoms with Crippen molar-refractivity contribution in [2.75, 3.05) is 5.32 Å². The molecular formula is C21H19ClN5O2S. The van der Waals surface area contributed by atoms with Gasteiger partial charge in [0.15, 0.2) is 5.65 Å². The van der Waals surface area contributed by atoms with Crippen LogP contribution in [-0.4, -0.2) is 48.0 Å². The lowest BCUT2D eigenvalue weighted by Crippen LogP contribution is -2.35. The van der Waals surface area contributed by atoms with Gasteiger partial charge in [-0.1, -0.05) is 41.9 Å². The van der Waals surface area contributed by atoms with Crippen molar-refractivity contribution in [3.05, 3.63) is 59.9 Å². The summed E-state index contributed by atoms with van der Waals surface area (Å²) in [6.07, 6.45) is -1.25. The number of thiazole rings is 1. The zero-order valence-corrected chi connectivity index (χ0v) is 17.4. The van der Waals surface area contributed by atoms with Crippen LogP contribution in [0.2, 0.25) is 5.15 Å². The molecule has 3 N–H and O–H groups in total. The minimum Gasteiger partial charge on any atom is -0.390 e. The topological polar surface area (TPSA) is 95.6 Å². The number of aliphatic hydroxyl groups excluding tert-OH is 2. The second kappa shape index (κ2) is 7.63. The van der Waals surface area contributed by atoms with Crippen LogP contribution in [0.25, 0.3) is 27.6 Å². The summed E-state index contributed by atoms with van der Waals surface area (Å²) in [5.41, 5.74) is 3.18. The Morgan fingerprint density at radius 1 is 1.10 bits per heavy atom. The first-order valence-electron chi connectivity index (χ1n) is 9.53. The number of aliphatic hydroxyl groups is 2. The van der Waals surface area contributed by atoms with Crippen LogP contribution < -0.4 is 5.32 Å². The van der Waals surface area contributed by atoms with Gasteiger partial charge in [-0.15, -0.1) is 11.3 Å². The number of anilines is 1. The van der Waals surface area contributed by atoms with Gasteiger partial charge in [-0.2, -0.15) is 9.61 Å². The fourth-order valence-corrected chi connectivity index (χ4v) is 4.71. The minimum absolute atomic E-state index is 0.245. The second-order valence-electron chi connectivity index (χ2n) is 7.40. The first-order valence-corrected chi connectivity index (χ1v) is 10.8. The number of nitrogens with one attached hydrogen (secondary N) is 1. The Bertz CT molecular complexity index is 1190. The van der Waals surface area contributed by atoms with Crippen LogP contribution in [0, 0.1) is 12.8 Å². The van der Waals surface area contributed by atoms with Gasteiger partial charge in [-0.25, -0.2) is 9.97 Å². The van der Waals surface area contributed by atoms with Gasteiger partial charge >= 0.3 is 0 Å². The Morgan fingerprint density at radius 3 is 2.63 bits per heavy atom. The first kappa shape index (κ1) is 19.4. The summed E-state index contributed by atoms with van der Waals surface area (Å²) < 4.78 is 1.64. The van der Waals surface area contributed by atoms with Crippen molar-refractivity contribution in [1.82, 2.24) is 19.6 Å². The molecule has 0 spiro atoms. The third-order valence-electron chi connectivity index (χ3n) is 5.32. The van der Waals surface area contributed by atoms with E-state index < -0.39 is 12.2 Å². The Morgan fingerprint density at radius 2 is 1.90 bits per heavy atom. The van der Waals surface area contributed by atoms with E-state index in [-0.39, 0.29) is 12.0 Å². The van der Waals surface area contributed by atoms with Gasteiger partial charge in [-0.05, 0) is 19.3 Å². The zero-order chi connectivity index (χ0) is 20.8. The number of halogens is 1. The number of benzene rings is 1. The van der Waals surface area contributed by atoms with E-state index in [0.717, 1.165) is 16.3 Å². The smallest absolute Gasteiger partial charge is 0.159 e. The Kier molecular flexibility index (Phi) is 4.94. The van der Waals surface area contributed by atoms with E-state index in [2.05, 4.69) is 22.3 Å². The average Bonchev–Trinajstić information content (AvgIpc) is 3.44. The van der Waals surface area contributed by atoms with Gasteiger partial charge < -0.3 is 15.5 Å². The summed E-state index contributed by atoms with van der Waals surface area (Å²) in [6.45, 7) is 3.89. The first-order chi connectivity index (χ1) is 14.5. The van der Waals surface area contributed by atoms with E-state index >= 15 is 0 Å². The molecule has 0 amide bonds. The van der Waals surface area contributed by atoms with E-state index in [0.29, 0.717) is 28.7 Å². The van der Waals surface area contributed by atoms with Gasteiger partial charge in [0, 0.05) is 23.1 Å². The average molecular weight is 441 g/mol. The van der Waals surface area contributed by atoms with Crippen molar-refractivity contribution in [2.24, 2.45) is 5.92 Å². The molecule has 7 nitrogen and oxygen atoms in total. The molecule has 4 aromatic rings. The molecule has 1 aliphatic rings. The number of hydrogen-bond acceptors (Lipinski definition) is 7. The molecule has 1 saturated carbocycles. The third kappa shape index (κ3) is 3.45. The molecule has 1 aromatic carbocycles. The van der Waals surface area contributed by atoms with Crippen molar-refractivity contribution in [3.8, 4) is 22.0 Å². The summed E-state index contributed by atoms with van der Waals surface area (Å²) in [6, 6.07) is 13.1. The number of rotatable bonds is 4. The quantitative estimate of drug-likeness (QED) is 0.420. The zero-order valence-electron chi connectivity index (χ0n) is 15.8. The van der Waals surface area contributed by atoms with Crippen LogP contribution in [0.3, 0.4) is 0 Å². The summed E-state index contributed by atoms with van der Waals surface area (Å²) in [7, 11) is 0. The van der Waals surface area contributed by atoms with Gasteiger partial charge in [0.2, 0.25) is 0 Å². The molecule has 0 unspecified atom stereocenters.